The molecule has 0 heterocycles. The quantitative estimate of drug-likeness (QED) is 0.819. The van der Waals surface area contributed by atoms with E-state index in [4.69, 9.17) is 5.26 Å². The Labute approximate surface area is 134 Å². The number of benzene rings is 2. The Balaban J connectivity index is 2.27. The molecule has 2 N–H and O–H groups in total. The molecule has 0 aromatic heterocycles. The summed E-state index contributed by atoms with van der Waals surface area (Å²) in [5.41, 5.74) is -0.121. The lowest BCUT2D eigenvalue weighted by Gasteiger charge is -2.11. The zero-order chi connectivity index (χ0) is 18.0. The monoisotopic (exact) mass is 358 g/mol. The Morgan fingerprint density at radius 2 is 1.75 bits per heavy atom. The predicted molar refractivity (Wildman–Crippen MR) is 76.8 cm³/mol. The van der Waals surface area contributed by atoms with E-state index < -0.39 is 27.9 Å². The number of nitrogens with zero attached hydrogens (tertiary/aromatic N) is 1. The molecule has 0 bridgehead atoms. The number of alkyl halides is 3. The minimum Gasteiger partial charge on any atom is -0.506 e. The first-order chi connectivity index (χ1) is 11.1. The summed E-state index contributed by atoms with van der Waals surface area (Å²) in [6.45, 7) is 0. The van der Waals surface area contributed by atoms with E-state index >= 15 is 0 Å². The van der Waals surface area contributed by atoms with Crippen molar-refractivity contribution in [1.82, 2.24) is 0 Å². The van der Waals surface area contributed by atoms with Gasteiger partial charge in [0.25, 0.3) is 10.0 Å². The van der Waals surface area contributed by atoms with Gasteiger partial charge in [0.15, 0.2) is 0 Å². The van der Waals surface area contributed by atoms with E-state index in [-0.39, 0.29) is 16.1 Å². The fraction of sp³-hybridized carbons (Fsp3) is 0.0714. The third-order valence-corrected chi connectivity index (χ3v) is 4.12. The number of hydrogen-bond acceptors (Lipinski definition) is 5. The number of hydrogen-bond donors (Lipinski definition) is 2. The second-order valence-corrected chi connectivity index (χ2v) is 6.15. The Bertz CT molecular complexity index is 888. The second kappa shape index (κ2) is 6.29. The number of halogens is 3. The van der Waals surface area contributed by atoms with Crippen molar-refractivity contribution < 1.29 is 31.4 Å². The Morgan fingerprint density at radius 3 is 2.29 bits per heavy atom. The summed E-state index contributed by atoms with van der Waals surface area (Å²) in [6.07, 6.45) is -4.89. The molecular weight excluding hydrogens is 349 g/mol. The average Bonchev–Trinajstić information content (AvgIpc) is 2.48. The highest BCUT2D eigenvalue weighted by atomic mass is 32.2. The van der Waals surface area contributed by atoms with E-state index in [1.807, 2.05) is 0 Å². The zero-order valence-corrected chi connectivity index (χ0v) is 12.5. The first kappa shape index (κ1) is 17.4. The minimum absolute atomic E-state index is 0.111. The topological polar surface area (TPSA) is 99.4 Å². The molecule has 0 unspecified atom stereocenters. The lowest BCUT2D eigenvalue weighted by molar-refractivity contribution is -0.274. The highest BCUT2D eigenvalue weighted by Crippen LogP contribution is 2.28. The Kier molecular flexibility index (Phi) is 4.57. The summed E-state index contributed by atoms with van der Waals surface area (Å²) in [7, 11) is -4.18. The fourth-order valence-corrected chi connectivity index (χ4v) is 2.78. The van der Waals surface area contributed by atoms with Gasteiger partial charge in [-0.15, -0.1) is 13.2 Å². The molecule has 10 heteroatoms. The number of sulfonamides is 1. The fourth-order valence-electron chi connectivity index (χ4n) is 1.71. The number of ether oxygens (including phenoxy) is 1. The maximum Gasteiger partial charge on any atom is 0.573 e. The van der Waals surface area contributed by atoms with Gasteiger partial charge in [0.2, 0.25) is 0 Å². The summed E-state index contributed by atoms with van der Waals surface area (Å²) < 4.78 is 66.3. The molecule has 0 radical (unpaired) electrons. The number of anilines is 1. The molecule has 6 nitrogen and oxygen atoms in total. The third kappa shape index (κ3) is 4.30. The highest BCUT2D eigenvalue weighted by molar-refractivity contribution is 7.92. The van der Waals surface area contributed by atoms with Crippen LogP contribution in [0.5, 0.6) is 11.5 Å². The average molecular weight is 358 g/mol. The molecule has 0 aliphatic heterocycles. The molecule has 0 aliphatic rings. The molecule has 2 aromatic rings. The highest BCUT2D eigenvalue weighted by Gasteiger charge is 2.31. The van der Waals surface area contributed by atoms with Crippen LogP contribution >= 0.6 is 0 Å². The van der Waals surface area contributed by atoms with Crippen molar-refractivity contribution >= 4 is 15.7 Å². The molecule has 0 amide bonds. The lowest BCUT2D eigenvalue weighted by Crippen LogP contribution is -2.17. The summed E-state index contributed by atoms with van der Waals surface area (Å²) in [4.78, 5) is -0.348. The van der Waals surface area contributed by atoms with E-state index in [0.29, 0.717) is 0 Å². The number of phenolic OH excluding ortho intramolecular Hbond substituents is 1. The van der Waals surface area contributed by atoms with Gasteiger partial charge in [0.1, 0.15) is 11.5 Å². The number of rotatable bonds is 4. The van der Waals surface area contributed by atoms with Crippen molar-refractivity contribution in [2.24, 2.45) is 0 Å². The van der Waals surface area contributed by atoms with Crippen LogP contribution in [-0.2, 0) is 10.0 Å². The van der Waals surface area contributed by atoms with E-state index in [9.17, 15) is 26.7 Å². The predicted octanol–water partition coefficient (Wildman–Crippen LogP) is 2.96. The van der Waals surface area contributed by atoms with Gasteiger partial charge >= 0.3 is 6.36 Å². The van der Waals surface area contributed by atoms with Crippen LogP contribution in [-0.4, -0.2) is 19.9 Å². The summed E-state index contributed by atoms with van der Waals surface area (Å²) in [6, 6.07) is 8.83. The minimum atomic E-state index is -4.89. The van der Waals surface area contributed by atoms with Crippen LogP contribution in [0.3, 0.4) is 0 Å². The van der Waals surface area contributed by atoms with E-state index in [0.717, 1.165) is 36.4 Å². The smallest absolute Gasteiger partial charge is 0.506 e. The van der Waals surface area contributed by atoms with Crippen molar-refractivity contribution in [3.8, 4) is 17.6 Å². The van der Waals surface area contributed by atoms with Crippen molar-refractivity contribution in [2.45, 2.75) is 11.3 Å². The number of phenols is 1. The van der Waals surface area contributed by atoms with Crippen molar-refractivity contribution in [1.29, 1.82) is 5.26 Å². The molecule has 0 spiro atoms. The van der Waals surface area contributed by atoms with Gasteiger partial charge in [-0.3, -0.25) is 4.72 Å². The molecule has 0 saturated heterocycles. The van der Waals surface area contributed by atoms with Gasteiger partial charge < -0.3 is 9.84 Å². The largest absolute Gasteiger partial charge is 0.573 e. The van der Waals surface area contributed by atoms with Crippen LogP contribution in [0.25, 0.3) is 0 Å². The first-order valence-corrected chi connectivity index (χ1v) is 7.71. The van der Waals surface area contributed by atoms with Crippen molar-refractivity contribution in [3.63, 3.8) is 0 Å². The third-order valence-electron chi connectivity index (χ3n) is 2.74. The summed E-state index contributed by atoms with van der Waals surface area (Å²) in [5.74, 6) is -0.981. The zero-order valence-electron chi connectivity index (χ0n) is 11.7. The molecule has 2 rings (SSSR count). The van der Waals surface area contributed by atoms with Gasteiger partial charge in [-0.05, 0) is 42.5 Å². The Hall–Kier alpha value is -2.93. The van der Waals surface area contributed by atoms with Crippen LogP contribution in [0.2, 0.25) is 0 Å². The van der Waals surface area contributed by atoms with Gasteiger partial charge in [-0.25, -0.2) is 8.42 Å². The maximum absolute atomic E-state index is 12.2. The maximum atomic E-state index is 12.2. The molecule has 0 atom stereocenters. The first-order valence-electron chi connectivity index (χ1n) is 6.22. The van der Waals surface area contributed by atoms with Gasteiger partial charge in [0, 0.05) is 0 Å². The van der Waals surface area contributed by atoms with E-state index in [1.165, 1.54) is 6.07 Å². The second-order valence-electron chi connectivity index (χ2n) is 4.47. The van der Waals surface area contributed by atoms with Crippen LogP contribution in [0.1, 0.15) is 5.56 Å². The van der Waals surface area contributed by atoms with Crippen LogP contribution in [0.15, 0.2) is 47.4 Å². The molecule has 0 saturated carbocycles. The molecule has 0 aliphatic carbocycles. The summed E-state index contributed by atoms with van der Waals surface area (Å²) >= 11 is 0. The molecule has 2 aromatic carbocycles. The SMILES string of the molecule is N#Cc1ccc(O)c(NS(=O)(=O)c2ccc(OC(F)(F)F)cc2)c1. The number of aromatic hydroxyl groups is 1. The molecule has 0 fully saturated rings. The van der Waals surface area contributed by atoms with Crippen LogP contribution in [0.4, 0.5) is 18.9 Å². The van der Waals surface area contributed by atoms with Crippen LogP contribution in [0, 0.1) is 11.3 Å². The Morgan fingerprint density at radius 1 is 1.12 bits per heavy atom. The van der Waals surface area contributed by atoms with Gasteiger partial charge in [0.05, 0.1) is 22.2 Å². The molecule has 126 valence electrons. The van der Waals surface area contributed by atoms with E-state index in [2.05, 4.69) is 9.46 Å². The van der Waals surface area contributed by atoms with Crippen molar-refractivity contribution in [3.05, 3.63) is 48.0 Å². The van der Waals surface area contributed by atoms with Crippen LogP contribution < -0.4 is 9.46 Å². The van der Waals surface area contributed by atoms with Gasteiger partial charge in [-0.1, -0.05) is 0 Å². The molecule has 24 heavy (non-hydrogen) atoms. The van der Waals surface area contributed by atoms with E-state index in [1.54, 1.807) is 6.07 Å². The normalized spacial score (nSPS) is 11.6. The number of nitriles is 1. The molecular formula is C14H9F3N2O4S. The lowest BCUT2D eigenvalue weighted by atomic mass is 10.2. The standard InChI is InChI=1S/C14H9F3N2O4S/c15-14(16,17)23-10-2-4-11(5-3-10)24(21,22)19-12-7-9(8-18)1-6-13(12)20/h1-7,19-20H. The summed E-state index contributed by atoms with van der Waals surface area (Å²) in [5, 5.41) is 18.4. The van der Waals surface area contributed by atoms with Gasteiger partial charge in [-0.2, -0.15) is 5.26 Å². The van der Waals surface area contributed by atoms with Crippen molar-refractivity contribution in [2.75, 3.05) is 4.72 Å². The number of nitrogens with one attached hydrogen (secondary N) is 1.